The van der Waals surface area contributed by atoms with Gasteiger partial charge in [-0.1, -0.05) is 12.1 Å². The summed E-state index contributed by atoms with van der Waals surface area (Å²) in [4.78, 5) is 41.8. The van der Waals surface area contributed by atoms with Gasteiger partial charge >= 0.3 is 0 Å². The van der Waals surface area contributed by atoms with E-state index in [-0.39, 0.29) is 11.7 Å². The molecule has 2 aromatic rings. The molecule has 0 aliphatic carbocycles. The standard InChI is InChI=1S/C24H24FN3O4/c1-23(2,3)28-20(30)18-17(10-12-4-7-14(29)8-5-12)27-24(19(18)21(28)31)15-11-13(25)6-9-16(15)26-22(24)32/h4-9,11,17-19,27,29H,10H2,1-3H3,(H,26,32)/t17-,18+,19-,24-/m0/s1. The van der Waals surface area contributed by atoms with Gasteiger partial charge in [0.1, 0.15) is 17.1 Å². The molecule has 0 aromatic heterocycles. The van der Waals surface area contributed by atoms with Crippen molar-refractivity contribution < 1.29 is 23.9 Å². The van der Waals surface area contributed by atoms with E-state index in [1.165, 1.54) is 23.1 Å². The first-order valence-corrected chi connectivity index (χ1v) is 10.6. The van der Waals surface area contributed by atoms with Crippen molar-refractivity contribution >= 4 is 23.4 Å². The second-order valence-corrected chi connectivity index (χ2v) is 9.76. The predicted octanol–water partition coefficient (Wildman–Crippen LogP) is 2.29. The first-order chi connectivity index (χ1) is 15.0. The molecule has 32 heavy (non-hydrogen) atoms. The Hall–Kier alpha value is -3.26. The Morgan fingerprint density at radius 2 is 1.75 bits per heavy atom. The summed E-state index contributed by atoms with van der Waals surface area (Å²) in [5.41, 5.74) is -0.674. The van der Waals surface area contributed by atoms with Crippen LogP contribution in [0.3, 0.4) is 0 Å². The van der Waals surface area contributed by atoms with Crippen LogP contribution in [0.4, 0.5) is 10.1 Å². The van der Waals surface area contributed by atoms with Gasteiger partial charge in [0.2, 0.25) is 17.7 Å². The SMILES string of the molecule is CC(C)(C)N1C(=O)[C@@H]2[C@H](Cc3ccc(O)cc3)N[C@]3(C(=O)Nc4ccc(F)cc43)[C@@H]2C1=O. The van der Waals surface area contributed by atoms with Crippen LogP contribution in [-0.2, 0) is 26.3 Å². The van der Waals surface area contributed by atoms with Crippen molar-refractivity contribution in [1.29, 1.82) is 0 Å². The number of nitrogens with one attached hydrogen (secondary N) is 2. The van der Waals surface area contributed by atoms with Gasteiger partial charge in [-0.3, -0.25) is 24.6 Å². The lowest BCUT2D eigenvalue weighted by atomic mass is 9.76. The molecular formula is C24H24FN3O4. The lowest BCUT2D eigenvalue weighted by Crippen LogP contribution is -2.56. The van der Waals surface area contributed by atoms with Gasteiger partial charge in [-0.05, 0) is 63.1 Å². The molecule has 0 radical (unpaired) electrons. The summed E-state index contributed by atoms with van der Waals surface area (Å²) in [7, 11) is 0. The molecule has 3 amide bonds. The van der Waals surface area contributed by atoms with Crippen LogP contribution in [0.15, 0.2) is 42.5 Å². The number of carbonyl (C=O) groups excluding carboxylic acids is 3. The molecule has 2 saturated heterocycles. The van der Waals surface area contributed by atoms with Crippen LogP contribution < -0.4 is 10.6 Å². The van der Waals surface area contributed by atoms with Crippen molar-refractivity contribution in [1.82, 2.24) is 10.2 Å². The molecule has 166 valence electrons. The molecule has 1 spiro atoms. The Kier molecular flexibility index (Phi) is 4.27. The first kappa shape index (κ1) is 20.6. The summed E-state index contributed by atoms with van der Waals surface area (Å²) in [6, 6.07) is 10.0. The summed E-state index contributed by atoms with van der Waals surface area (Å²) in [6.45, 7) is 5.34. The third-order valence-electron chi connectivity index (χ3n) is 6.74. The van der Waals surface area contributed by atoms with Crippen LogP contribution in [0.1, 0.15) is 31.9 Å². The maximum absolute atomic E-state index is 14.2. The third kappa shape index (κ3) is 2.72. The van der Waals surface area contributed by atoms with Crippen LogP contribution in [0.2, 0.25) is 0 Å². The molecule has 0 bridgehead atoms. The van der Waals surface area contributed by atoms with Crippen LogP contribution in [0, 0.1) is 17.7 Å². The minimum atomic E-state index is -1.53. The Morgan fingerprint density at radius 3 is 2.41 bits per heavy atom. The average molecular weight is 437 g/mol. The van der Waals surface area contributed by atoms with Crippen molar-refractivity contribution in [2.75, 3.05) is 5.32 Å². The number of benzene rings is 2. The average Bonchev–Trinajstić information content (AvgIpc) is 3.28. The number of phenolic OH excluding ortho intramolecular Hbond substituents is 1. The molecule has 2 fully saturated rings. The van der Waals surface area contributed by atoms with E-state index in [9.17, 15) is 23.9 Å². The van der Waals surface area contributed by atoms with E-state index < -0.39 is 46.6 Å². The quantitative estimate of drug-likeness (QED) is 0.627. The lowest BCUT2D eigenvalue weighted by Gasteiger charge is -2.34. The maximum Gasteiger partial charge on any atom is 0.250 e. The molecule has 3 aliphatic rings. The van der Waals surface area contributed by atoms with Gasteiger partial charge in [0.05, 0.1) is 11.8 Å². The Morgan fingerprint density at radius 1 is 1.06 bits per heavy atom. The second-order valence-electron chi connectivity index (χ2n) is 9.76. The molecule has 0 unspecified atom stereocenters. The molecule has 0 saturated carbocycles. The number of rotatable bonds is 2. The molecule has 5 rings (SSSR count). The highest BCUT2D eigenvalue weighted by Gasteiger charge is 2.71. The zero-order valence-electron chi connectivity index (χ0n) is 18.0. The summed E-state index contributed by atoms with van der Waals surface area (Å²) in [5.74, 6) is -3.40. The smallest absolute Gasteiger partial charge is 0.250 e. The van der Waals surface area contributed by atoms with Gasteiger partial charge in [0.25, 0.3) is 0 Å². The molecular weight excluding hydrogens is 413 g/mol. The van der Waals surface area contributed by atoms with Gasteiger partial charge in [0, 0.05) is 22.8 Å². The highest BCUT2D eigenvalue weighted by molar-refractivity contribution is 6.15. The lowest BCUT2D eigenvalue weighted by molar-refractivity contribution is -0.147. The second kappa shape index (κ2) is 6.62. The van der Waals surface area contributed by atoms with E-state index in [1.807, 2.05) is 0 Å². The minimum Gasteiger partial charge on any atom is -0.508 e. The Balaban J connectivity index is 1.66. The monoisotopic (exact) mass is 437 g/mol. The molecule has 7 nitrogen and oxygen atoms in total. The predicted molar refractivity (Wildman–Crippen MR) is 114 cm³/mol. The molecule has 3 heterocycles. The van der Waals surface area contributed by atoms with Crippen molar-refractivity contribution in [3.05, 3.63) is 59.4 Å². The fourth-order valence-corrected chi connectivity index (χ4v) is 5.50. The van der Waals surface area contributed by atoms with E-state index in [4.69, 9.17) is 0 Å². The van der Waals surface area contributed by atoms with Gasteiger partial charge in [-0.2, -0.15) is 0 Å². The third-order valence-corrected chi connectivity index (χ3v) is 6.74. The number of phenols is 1. The van der Waals surface area contributed by atoms with Crippen molar-refractivity contribution in [3.8, 4) is 5.75 Å². The van der Waals surface area contributed by atoms with E-state index in [2.05, 4.69) is 10.6 Å². The number of aromatic hydroxyl groups is 1. The number of nitrogens with zero attached hydrogens (tertiary/aromatic N) is 1. The van der Waals surface area contributed by atoms with E-state index in [0.29, 0.717) is 17.7 Å². The van der Waals surface area contributed by atoms with Crippen LogP contribution in [0.5, 0.6) is 5.75 Å². The number of imide groups is 1. The van der Waals surface area contributed by atoms with Gasteiger partial charge in [-0.15, -0.1) is 0 Å². The summed E-state index contributed by atoms with van der Waals surface area (Å²) in [6.07, 6.45) is 0.359. The summed E-state index contributed by atoms with van der Waals surface area (Å²) < 4.78 is 14.2. The van der Waals surface area contributed by atoms with Crippen molar-refractivity contribution in [2.24, 2.45) is 11.8 Å². The molecule has 8 heteroatoms. The molecule has 3 aliphatic heterocycles. The number of likely N-dealkylation sites (tertiary alicyclic amines) is 1. The summed E-state index contributed by atoms with van der Waals surface area (Å²) >= 11 is 0. The number of hydrogen-bond acceptors (Lipinski definition) is 5. The van der Waals surface area contributed by atoms with Crippen LogP contribution in [0.25, 0.3) is 0 Å². The molecule has 4 atom stereocenters. The number of hydrogen-bond donors (Lipinski definition) is 3. The number of halogens is 1. The number of anilines is 1. The van der Waals surface area contributed by atoms with Gasteiger partial charge in [0.15, 0.2) is 0 Å². The van der Waals surface area contributed by atoms with E-state index in [0.717, 1.165) is 5.56 Å². The zero-order valence-corrected chi connectivity index (χ0v) is 18.0. The zero-order chi connectivity index (χ0) is 23.0. The molecule has 2 aromatic carbocycles. The van der Waals surface area contributed by atoms with E-state index in [1.54, 1.807) is 45.0 Å². The van der Waals surface area contributed by atoms with Crippen LogP contribution in [-0.4, -0.2) is 39.3 Å². The number of amides is 3. The fraction of sp³-hybridized carbons (Fsp3) is 0.375. The molecule has 3 N–H and O–H groups in total. The van der Waals surface area contributed by atoms with E-state index >= 15 is 0 Å². The maximum atomic E-state index is 14.2. The first-order valence-electron chi connectivity index (χ1n) is 10.6. The topological polar surface area (TPSA) is 98.7 Å². The van der Waals surface area contributed by atoms with Crippen molar-refractivity contribution in [2.45, 2.75) is 44.3 Å². The summed E-state index contributed by atoms with van der Waals surface area (Å²) in [5, 5.41) is 15.7. The number of carbonyl (C=O) groups is 3. The normalized spacial score (nSPS) is 28.9. The number of fused-ring (bicyclic) bond motifs is 4. The fourth-order valence-electron chi connectivity index (χ4n) is 5.50. The van der Waals surface area contributed by atoms with Crippen molar-refractivity contribution in [3.63, 3.8) is 0 Å². The Bertz CT molecular complexity index is 1160. The van der Waals surface area contributed by atoms with Crippen LogP contribution >= 0.6 is 0 Å². The highest BCUT2D eigenvalue weighted by atomic mass is 19.1. The largest absolute Gasteiger partial charge is 0.508 e. The van der Waals surface area contributed by atoms with Gasteiger partial charge < -0.3 is 10.4 Å². The highest BCUT2D eigenvalue weighted by Crippen LogP contribution is 2.54. The minimum absolute atomic E-state index is 0.119. The Labute approximate surface area is 184 Å². The van der Waals surface area contributed by atoms with Gasteiger partial charge in [-0.25, -0.2) is 4.39 Å².